The van der Waals surface area contributed by atoms with E-state index in [1.165, 1.54) is 32.1 Å². The standard InChI is InChI=1S/C18H29N3O2/c19-17(22)11-20-3-1-2-15(10-20)18(23)21-9-14-5-12-4-13(6-14)8-16(21)7-12/h12-16H,1-11H2,(H2,19,22)/t12-,13+,14?,15-,16?/m0/s1. The monoisotopic (exact) mass is 319 g/mol. The molecular weight excluding hydrogens is 290 g/mol. The van der Waals surface area contributed by atoms with Gasteiger partial charge in [-0.1, -0.05) is 0 Å². The summed E-state index contributed by atoms with van der Waals surface area (Å²) < 4.78 is 0. The molecule has 0 aromatic heterocycles. The molecule has 5 fully saturated rings. The molecule has 2 unspecified atom stereocenters. The Morgan fingerprint density at radius 1 is 0.957 bits per heavy atom. The van der Waals surface area contributed by atoms with Gasteiger partial charge in [-0.2, -0.15) is 0 Å². The Morgan fingerprint density at radius 2 is 1.65 bits per heavy atom. The highest BCUT2D eigenvalue weighted by Crippen LogP contribution is 2.47. The minimum atomic E-state index is -0.288. The maximum Gasteiger partial charge on any atom is 0.231 e. The highest BCUT2D eigenvalue weighted by molar-refractivity contribution is 5.80. The number of carbonyl (C=O) groups is 2. The number of nitrogens with zero attached hydrogens (tertiary/aromatic N) is 2. The lowest BCUT2D eigenvalue weighted by molar-refractivity contribution is -0.141. The summed E-state index contributed by atoms with van der Waals surface area (Å²) >= 11 is 0. The van der Waals surface area contributed by atoms with Crippen LogP contribution in [-0.2, 0) is 9.59 Å². The zero-order valence-corrected chi connectivity index (χ0v) is 14.0. The van der Waals surface area contributed by atoms with Crippen LogP contribution in [-0.4, -0.2) is 53.8 Å². The van der Waals surface area contributed by atoms with E-state index < -0.39 is 0 Å². The fourth-order valence-corrected chi connectivity index (χ4v) is 5.91. The van der Waals surface area contributed by atoms with Crippen molar-refractivity contribution in [3.8, 4) is 0 Å². The Morgan fingerprint density at radius 3 is 2.35 bits per heavy atom. The Balaban J connectivity index is 1.45. The number of likely N-dealkylation sites (tertiary alicyclic amines) is 1. The first-order chi connectivity index (χ1) is 11.1. The maximum atomic E-state index is 13.2. The number of hydrogen-bond donors (Lipinski definition) is 1. The van der Waals surface area contributed by atoms with E-state index in [0.29, 0.717) is 25.0 Å². The van der Waals surface area contributed by atoms with E-state index in [4.69, 9.17) is 5.73 Å². The molecular formula is C18H29N3O2. The van der Waals surface area contributed by atoms with Crippen molar-refractivity contribution < 1.29 is 9.59 Å². The van der Waals surface area contributed by atoms with E-state index in [-0.39, 0.29) is 11.8 Å². The number of nitrogens with two attached hydrogens (primary N) is 1. The van der Waals surface area contributed by atoms with Gasteiger partial charge in [0.15, 0.2) is 0 Å². The second-order valence-electron chi connectivity index (χ2n) is 8.46. The smallest absolute Gasteiger partial charge is 0.231 e. The van der Waals surface area contributed by atoms with Gasteiger partial charge in [-0.3, -0.25) is 14.5 Å². The molecule has 2 aliphatic carbocycles. The van der Waals surface area contributed by atoms with Crippen LogP contribution in [0.1, 0.15) is 44.9 Å². The molecule has 5 heteroatoms. The Labute approximate surface area is 138 Å². The minimum absolute atomic E-state index is 0.0683. The van der Waals surface area contributed by atoms with Crippen molar-refractivity contribution in [1.82, 2.24) is 9.80 Å². The second-order valence-corrected chi connectivity index (χ2v) is 8.46. The van der Waals surface area contributed by atoms with Gasteiger partial charge in [0.25, 0.3) is 0 Å². The van der Waals surface area contributed by atoms with Crippen molar-refractivity contribution in [3.63, 3.8) is 0 Å². The molecule has 3 heterocycles. The molecule has 5 aliphatic rings. The summed E-state index contributed by atoms with van der Waals surface area (Å²) in [5.41, 5.74) is 5.32. The van der Waals surface area contributed by atoms with Gasteiger partial charge in [0, 0.05) is 19.1 Å². The number of fused-ring (bicyclic) bond motifs is 1. The van der Waals surface area contributed by atoms with Crippen molar-refractivity contribution >= 4 is 11.8 Å². The predicted molar refractivity (Wildman–Crippen MR) is 87.4 cm³/mol. The molecule has 5 nitrogen and oxygen atoms in total. The molecule has 23 heavy (non-hydrogen) atoms. The third kappa shape index (κ3) is 3.12. The van der Waals surface area contributed by atoms with Crippen LogP contribution in [0.25, 0.3) is 0 Å². The fourth-order valence-electron chi connectivity index (χ4n) is 5.91. The van der Waals surface area contributed by atoms with E-state index in [2.05, 4.69) is 9.80 Å². The van der Waals surface area contributed by atoms with Crippen molar-refractivity contribution in [2.45, 2.75) is 51.0 Å². The molecule has 0 aromatic rings. The highest BCUT2D eigenvalue weighted by Gasteiger charge is 2.45. The molecule has 3 saturated heterocycles. The number of piperidine rings is 1. The topological polar surface area (TPSA) is 66.6 Å². The van der Waals surface area contributed by atoms with Crippen LogP contribution < -0.4 is 5.73 Å². The summed E-state index contributed by atoms with van der Waals surface area (Å²) in [6.07, 6.45) is 8.52. The van der Waals surface area contributed by atoms with Crippen LogP contribution in [0.2, 0.25) is 0 Å². The van der Waals surface area contributed by atoms with Gasteiger partial charge in [0.1, 0.15) is 0 Å². The SMILES string of the molecule is NC(=O)CN1CCC[C@H](C(=O)N2CC3C[C@@H]4CC2C[C@H](C3)C4)C1. The van der Waals surface area contributed by atoms with Crippen LogP contribution >= 0.6 is 0 Å². The Bertz CT molecular complexity index is 481. The van der Waals surface area contributed by atoms with Gasteiger partial charge in [-0.15, -0.1) is 0 Å². The summed E-state index contributed by atoms with van der Waals surface area (Å²) in [7, 11) is 0. The zero-order valence-electron chi connectivity index (χ0n) is 14.0. The summed E-state index contributed by atoms with van der Waals surface area (Å²) in [5, 5.41) is 0. The molecule has 4 bridgehead atoms. The first kappa shape index (κ1) is 15.4. The molecule has 5 rings (SSSR count). The predicted octanol–water partition coefficient (Wildman–Crippen LogP) is 1.22. The van der Waals surface area contributed by atoms with Gasteiger partial charge in [0.2, 0.25) is 11.8 Å². The van der Waals surface area contributed by atoms with Crippen LogP contribution in [0.5, 0.6) is 0 Å². The van der Waals surface area contributed by atoms with E-state index >= 15 is 0 Å². The maximum absolute atomic E-state index is 13.2. The molecule has 0 aromatic carbocycles. The first-order valence-electron chi connectivity index (χ1n) is 9.39. The van der Waals surface area contributed by atoms with E-state index in [9.17, 15) is 9.59 Å². The number of primary amides is 1. The number of amides is 2. The second kappa shape index (κ2) is 6.08. The normalized spacial score (nSPS) is 40.2. The molecule has 2 N–H and O–H groups in total. The Hall–Kier alpha value is -1.10. The summed E-state index contributed by atoms with van der Waals surface area (Å²) in [6, 6.07) is 0.491. The summed E-state index contributed by atoms with van der Waals surface area (Å²) in [6.45, 7) is 2.88. The van der Waals surface area contributed by atoms with Gasteiger partial charge in [-0.05, 0) is 69.2 Å². The lowest BCUT2D eigenvalue weighted by Crippen LogP contribution is -2.50. The molecule has 5 atom stereocenters. The average molecular weight is 319 g/mol. The summed E-state index contributed by atoms with van der Waals surface area (Å²) in [4.78, 5) is 28.7. The fraction of sp³-hybridized carbons (Fsp3) is 0.889. The number of hydrogen-bond acceptors (Lipinski definition) is 3. The molecule has 2 amide bonds. The average Bonchev–Trinajstić information content (AvgIpc) is 2.70. The van der Waals surface area contributed by atoms with Gasteiger partial charge < -0.3 is 10.6 Å². The van der Waals surface area contributed by atoms with Gasteiger partial charge in [0.05, 0.1) is 12.5 Å². The first-order valence-corrected chi connectivity index (χ1v) is 9.39. The van der Waals surface area contributed by atoms with Crippen LogP contribution in [0.15, 0.2) is 0 Å². The van der Waals surface area contributed by atoms with Crippen LogP contribution in [0.4, 0.5) is 0 Å². The number of carbonyl (C=O) groups excluding carboxylic acids is 2. The van der Waals surface area contributed by atoms with Crippen molar-refractivity contribution in [3.05, 3.63) is 0 Å². The zero-order chi connectivity index (χ0) is 16.0. The van der Waals surface area contributed by atoms with Gasteiger partial charge in [-0.25, -0.2) is 0 Å². The van der Waals surface area contributed by atoms with Crippen LogP contribution in [0, 0.1) is 23.7 Å². The quantitative estimate of drug-likeness (QED) is 0.850. The van der Waals surface area contributed by atoms with Gasteiger partial charge >= 0.3 is 0 Å². The van der Waals surface area contributed by atoms with Crippen molar-refractivity contribution in [1.29, 1.82) is 0 Å². The molecule has 2 saturated carbocycles. The number of rotatable bonds is 3. The van der Waals surface area contributed by atoms with Crippen molar-refractivity contribution in [2.24, 2.45) is 29.4 Å². The van der Waals surface area contributed by atoms with Crippen LogP contribution in [0.3, 0.4) is 0 Å². The lowest BCUT2D eigenvalue weighted by atomic mass is 9.68. The Kier molecular flexibility index (Phi) is 4.08. The largest absolute Gasteiger partial charge is 0.369 e. The lowest BCUT2D eigenvalue weighted by Gasteiger charge is -2.40. The summed E-state index contributed by atoms with van der Waals surface area (Å²) in [5.74, 6) is 2.61. The van der Waals surface area contributed by atoms with Crippen molar-refractivity contribution in [2.75, 3.05) is 26.2 Å². The molecule has 0 spiro atoms. The third-order valence-electron chi connectivity index (χ3n) is 6.62. The highest BCUT2D eigenvalue weighted by atomic mass is 16.2. The molecule has 3 aliphatic heterocycles. The van der Waals surface area contributed by atoms with E-state index in [1.54, 1.807) is 0 Å². The minimum Gasteiger partial charge on any atom is -0.369 e. The molecule has 0 radical (unpaired) electrons. The van der Waals surface area contributed by atoms with E-state index in [0.717, 1.165) is 43.7 Å². The third-order valence-corrected chi connectivity index (χ3v) is 6.62. The van der Waals surface area contributed by atoms with E-state index in [1.807, 2.05) is 0 Å². The molecule has 128 valence electrons.